The van der Waals surface area contributed by atoms with Crippen LogP contribution < -0.4 is 5.32 Å². The van der Waals surface area contributed by atoms with Gasteiger partial charge >= 0.3 is 5.97 Å². The second-order valence-corrected chi connectivity index (χ2v) is 23.2. The molecular weight excluding hydrogens is 899 g/mol. The average Bonchev–Trinajstić information content (AvgIpc) is 3.39. The summed E-state index contributed by atoms with van der Waals surface area (Å²) < 4.78 is 5.49. The second-order valence-electron chi connectivity index (χ2n) is 23.2. The van der Waals surface area contributed by atoms with Crippen molar-refractivity contribution in [1.82, 2.24) is 5.32 Å². The number of amides is 1. The van der Waals surface area contributed by atoms with Crippen LogP contribution in [0.15, 0.2) is 12.2 Å². The van der Waals surface area contributed by atoms with E-state index in [-0.39, 0.29) is 18.5 Å². The predicted octanol–water partition coefficient (Wildman–Crippen LogP) is 21.2. The molecule has 0 aromatic carbocycles. The Balaban J connectivity index is 3.40. The van der Waals surface area contributed by atoms with E-state index in [0.717, 1.165) is 38.5 Å². The van der Waals surface area contributed by atoms with Gasteiger partial charge in [0.05, 0.1) is 25.4 Å². The van der Waals surface area contributed by atoms with Crippen molar-refractivity contribution in [3.63, 3.8) is 0 Å². The van der Waals surface area contributed by atoms with E-state index in [2.05, 4.69) is 31.3 Å². The summed E-state index contributed by atoms with van der Waals surface area (Å²) >= 11 is 0. The smallest absolute Gasteiger partial charge is 0.305 e. The van der Waals surface area contributed by atoms with Crippen LogP contribution in [0.3, 0.4) is 0 Å². The number of esters is 1. The second kappa shape index (κ2) is 63.1. The Morgan fingerprint density at radius 1 is 0.370 bits per heavy atom. The maximum absolute atomic E-state index is 12.5. The first-order valence-electron chi connectivity index (χ1n) is 33.4. The lowest BCUT2D eigenvalue weighted by Crippen LogP contribution is -2.45. The molecule has 2 unspecified atom stereocenters. The Bertz CT molecular complexity index is 1100. The zero-order valence-corrected chi connectivity index (χ0v) is 49.6. The average molecular weight is 1030 g/mol. The van der Waals surface area contributed by atoms with Gasteiger partial charge < -0.3 is 20.3 Å². The molecule has 0 fully saturated rings. The van der Waals surface area contributed by atoms with Crippen LogP contribution in [0.4, 0.5) is 0 Å². The number of carbonyl (C=O) groups excluding carboxylic acids is 2. The molecule has 0 aliphatic rings. The van der Waals surface area contributed by atoms with Gasteiger partial charge in [-0.2, -0.15) is 0 Å². The topological polar surface area (TPSA) is 95.9 Å². The number of rotatable bonds is 63. The maximum Gasteiger partial charge on any atom is 0.305 e. The Labute approximate surface area is 457 Å². The number of hydrogen-bond donors (Lipinski definition) is 3. The molecule has 0 radical (unpaired) electrons. The Morgan fingerprint density at radius 2 is 0.644 bits per heavy atom. The number of unbranched alkanes of at least 4 members (excludes halogenated alkanes) is 50. The van der Waals surface area contributed by atoms with E-state index >= 15 is 0 Å². The van der Waals surface area contributed by atoms with Crippen molar-refractivity contribution in [3.05, 3.63) is 12.2 Å². The minimum absolute atomic E-state index is 0.0139. The highest BCUT2D eigenvalue weighted by atomic mass is 16.5. The van der Waals surface area contributed by atoms with Gasteiger partial charge in [-0.1, -0.05) is 328 Å². The SMILES string of the molecule is CCCCCCCCCCCCCCCCCCCCCC(O)C(CO)NC(=O)CCCCCCCCC/C=C\CCCCCCCCCCCCCOC(=O)CCCCCCCCCCCCCCCCC. The molecule has 0 saturated heterocycles. The van der Waals surface area contributed by atoms with E-state index in [4.69, 9.17) is 4.74 Å². The van der Waals surface area contributed by atoms with Crippen molar-refractivity contribution in [2.45, 2.75) is 392 Å². The number of hydrogen-bond acceptors (Lipinski definition) is 5. The van der Waals surface area contributed by atoms with E-state index in [9.17, 15) is 19.8 Å². The molecule has 0 aromatic heterocycles. The molecule has 0 saturated carbocycles. The van der Waals surface area contributed by atoms with Gasteiger partial charge in [-0.3, -0.25) is 9.59 Å². The molecule has 3 N–H and O–H groups in total. The lowest BCUT2D eigenvalue weighted by Gasteiger charge is -2.22. The third-order valence-electron chi connectivity index (χ3n) is 15.8. The highest BCUT2D eigenvalue weighted by Gasteiger charge is 2.20. The monoisotopic (exact) mass is 1030 g/mol. The van der Waals surface area contributed by atoms with Gasteiger partial charge in [-0.15, -0.1) is 0 Å². The molecule has 0 aromatic rings. The molecule has 0 aliphatic carbocycles. The lowest BCUT2D eigenvalue weighted by molar-refractivity contribution is -0.143. The summed E-state index contributed by atoms with van der Waals surface area (Å²) in [4.78, 5) is 24.6. The van der Waals surface area contributed by atoms with Gasteiger partial charge in [0, 0.05) is 12.8 Å². The van der Waals surface area contributed by atoms with Crippen LogP contribution >= 0.6 is 0 Å². The fraction of sp³-hybridized carbons (Fsp3) is 0.940. The molecule has 0 heterocycles. The maximum atomic E-state index is 12.5. The van der Waals surface area contributed by atoms with Crippen molar-refractivity contribution in [3.8, 4) is 0 Å². The minimum atomic E-state index is -0.669. The van der Waals surface area contributed by atoms with E-state index in [1.807, 2.05) is 0 Å². The Kier molecular flexibility index (Phi) is 61.9. The number of aliphatic hydroxyl groups excluding tert-OH is 2. The number of aliphatic hydroxyl groups is 2. The largest absolute Gasteiger partial charge is 0.466 e. The summed E-state index contributed by atoms with van der Waals surface area (Å²) in [5, 5.41) is 23.4. The summed E-state index contributed by atoms with van der Waals surface area (Å²) in [5.74, 6) is -0.0240. The molecule has 434 valence electrons. The van der Waals surface area contributed by atoms with Gasteiger partial charge in [0.2, 0.25) is 5.91 Å². The van der Waals surface area contributed by atoms with E-state index in [0.29, 0.717) is 25.9 Å². The van der Waals surface area contributed by atoms with Gasteiger partial charge in [-0.05, 0) is 51.4 Å². The molecule has 6 nitrogen and oxygen atoms in total. The summed E-state index contributed by atoms with van der Waals surface area (Å²) in [7, 11) is 0. The van der Waals surface area contributed by atoms with Gasteiger partial charge in [0.25, 0.3) is 0 Å². The quantitative estimate of drug-likeness (QED) is 0.0320. The van der Waals surface area contributed by atoms with Crippen molar-refractivity contribution >= 4 is 11.9 Å². The van der Waals surface area contributed by atoms with Crippen molar-refractivity contribution in [2.24, 2.45) is 0 Å². The van der Waals surface area contributed by atoms with Gasteiger partial charge in [0.15, 0.2) is 0 Å². The van der Waals surface area contributed by atoms with Crippen molar-refractivity contribution < 1.29 is 24.5 Å². The zero-order chi connectivity index (χ0) is 52.9. The summed E-state index contributed by atoms with van der Waals surface area (Å²) in [6, 6.07) is -0.546. The number of nitrogens with one attached hydrogen (secondary N) is 1. The highest BCUT2D eigenvalue weighted by molar-refractivity contribution is 5.76. The first-order chi connectivity index (χ1) is 36.0. The minimum Gasteiger partial charge on any atom is -0.466 e. The number of allylic oxidation sites excluding steroid dienone is 2. The summed E-state index contributed by atoms with van der Waals surface area (Å²) in [5.41, 5.74) is 0. The van der Waals surface area contributed by atoms with Crippen LogP contribution in [0.2, 0.25) is 0 Å². The molecule has 2 atom stereocenters. The van der Waals surface area contributed by atoms with Gasteiger partial charge in [-0.25, -0.2) is 0 Å². The standard InChI is InChI=1S/C67H131NO5/c1-3-5-7-9-11-13-15-17-19-20-25-28-32-35-39-43-47-51-55-59-65(70)64(63-69)68-66(71)60-56-52-48-44-40-36-33-29-26-23-21-22-24-27-30-34-38-42-46-50-54-58-62-73-67(72)61-57-53-49-45-41-37-31-18-16-14-12-10-8-6-4-2/h23,26,64-65,69-70H,3-22,24-25,27-63H2,1-2H3,(H,68,71)/b26-23-. The normalized spacial score (nSPS) is 12.5. The summed E-state index contributed by atoms with van der Waals surface area (Å²) in [6.07, 6.45) is 76.6. The van der Waals surface area contributed by atoms with Crippen LogP contribution in [0.1, 0.15) is 380 Å². The van der Waals surface area contributed by atoms with Crippen LogP contribution in [-0.4, -0.2) is 47.4 Å². The van der Waals surface area contributed by atoms with Crippen LogP contribution in [0, 0.1) is 0 Å². The van der Waals surface area contributed by atoms with E-state index in [1.54, 1.807) is 0 Å². The summed E-state index contributed by atoms with van der Waals surface area (Å²) in [6.45, 7) is 4.99. The Morgan fingerprint density at radius 3 is 0.973 bits per heavy atom. The molecule has 6 heteroatoms. The van der Waals surface area contributed by atoms with Gasteiger partial charge in [0.1, 0.15) is 0 Å². The number of carbonyl (C=O) groups is 2. The molecular formula is C67H131NO5. The third kappa shape index (κ3) is 59.7. The molecule has 0 spiro atoms. The molecule has 1 amide bonds. The molecule has 73 heavy (non-hydrogen) atoms. The first-order valence-corrected chi connectivity index (χ1v) is 33.4. The lowest BCUT2D eigenvalue weighted by atomic mass is 10.0. The zero-order valence-electron chi connectivity index (χ0n) is 49.6. The van der Waals surface area contributed by atoms with Crippen molar-refractivity contribution in [2.75, 3.05) is 13.2 Å². The Hall–Kier alpha value is -1.40. The van der Waals surface area contributed by atoms with E-state index < -0.39 is 12.1 Å². The van der Waals surface area contributed by atoms with Crippen LogP contribution in [-0.2, 0) is 14.3 Å². The first kappa shape index (κ1) is 71.6. The molecule has 0 bridgehead atoms. The molecule has 0 aliphatic heterocycles. The fourth-order valence-electron chi connectivity index (χ4n) is 10.7. The predicted molar refractivity (Wildman–Crippen MR) is 320 cm³/mol. The van der Waals surface area contributed by atoms with Crippen LogP contribution in [0.5, 0.6) is 0 Å². The van der Waals surface area contributed by atoms with Crippen LogP contribution in [0.25, 0.3) is 0 Å². The third-order valence-corrected chi connectivity index (χ3v) is 15.8. The van der Waals surface area contributed by atoms with E-state index in [1.165, 1.54) is 308 Å². The number of ether oxygens (including phenoxy) is 1. The molecule has 0 rings (SSSR count). The highest BCUT2D eigenvalue weighted by Crippen LogP contribution is 2.19. The van der Waals surface area contributed by atoms with Crippen molar-refractivity contribution in [1.29, 1.82) is 0 Å². The fourth-order valence-corrected chi connectivity index (χ4v) is 10.7.